The van der Waals surface area contributed by atoms with Crippen LogP contribution >= 0.6 is 11.8 Å². The standard InChI is InChI=1S/C20H25N5O3S/c1-3-11-24-19(15-7-5-4-6-8-15)22-23-20(24)29-13-18(26)21-16-10-9-14(2)12-17(16)25(27)28/h3,9-10,12,15H,1,4-8,11,13H2,2H3,(H,21,26). The van der Waals surface area contributed by atoms with Crippen LogP contribution in [-0.2, 0) is 11.3 Å². The lowest BCUT2D eigenvalue weighted by molar-refractivity contribution is -0.384. The first-order valence-corrected chi connectivity index (χ1v) is 10.7. The Morgan fingerprint density at radius 1 is 1.38 bits per heavy atom. The number of allylic oxidation sites excluding steroid dienone is 1. The smallest absolute Gasteiger partial charge is 0.293 e. The highest BCUT2D eigenvalue weighted by molar-refractivity contribution is 7.99. The van der Waals surface area contributed by atoms with Crippen LogP contribution in [0, 0.1) is 17.0 Å². The Labute approximate surface area is 173 Å². The molecule has 1 aromatic carbocycles. The molecule has 154 valence electrons. The molecule has 0 unspecified atom stereocenters. The number of aryl methyl sites for hydroxylation is 1. The SMILES string of the molecule is C=CCn1c(SCC(=O)Nc2ccc(C)cc2[N+](=O)[O-])nnc1C1CCCCC1. The van der Waals surface area contributed by atoms with Crippen molar-refractivity contribution in [3.8, 4) is 0 Å². The summed E-state index contributed by atoms with van der Waals surface area (Å²) < 4.78 is 2.02. The quantitative estimate of drug-likeness (QED) is 0.295. The number of thioether (sulfide) groups is 1. The van der Waals surface area contributed by atoms with Crippen LogP contribution in [0.3, 0.4) is 0 Å². The van der Waals surface area contributed by atoms with Crippen LogP contribution in [0.25, 0.3) is 0 Å². The minimum atomic E-state index is -0.493. The molecule has 8 nitrogen and oxygen atoms in total. The summed E-state index contributed by atoms with van der Waals surface area (Å²) in [7, 11) is 0. The van der Waals surface area contributed by atoms with Gasteiger partial charge in [0, 0.05) is 18.5 Å². The minimum Gasteiger partial charge on any atom is -0.320 e. The van der Waals surface area contributed by atoms with Gasteiger partial charge in [-0.2, -0.15) is 0 Å². The van der Waals surface area contributed by atoms with Gasteiger partial charge in [0.15, 0.2) is 5.16 Å². The lowest BCUT2D eigenvalue weighted by Crippen LogP contribution is -2.16. The van der Waals surface area contributed by atoms with E-state index in [1.54, 1.807) is 25.1 Å². The van der Waals surface area contributed by atoms with E-state index in [0.717, 1.165) is 24.2 Å². The summed E-state index contributed by atoms with van der Waals surface area (Å²) in [4.78, 5) is 23.1. The predicted molar refractivity (Wildman–Crippen MR) is 113 cm³/mol. The van der Waals surface area contributed by atoms with E-state index >= 15 is 0 Å². The predicted octanol–water partition coefficient (Wildman–Crippen LogP) is 4.46. The van der Waals surface area contributed by atoms with Crippen molar-refractivity contribution in [1.82, 2.24) is 14.8 Å². The van der Waals surface area contributed by atoms with Crippen LogP contribution in [0.15, 0.2) is 36.0 Å². The second kappa shape index (κ2) is 9.69. The van der Waals surface area contributed by atoms with Crippen molar-refractivity contribution in [2.45, 2.75) is 56.6 Å². The number of hydrogen-bond acceptors (Lipinski definition) is 6. The summed E-state index contributed by atoms with van der Waals surface area (Å²) in [5.74, 6) is 1.12. The third kappa shape index (κ3) is 5.23. The first-order chi connectivity index (χ1) is 14.0. The molecule has 9 heteroatoms. The summed E-state index contributed by atoms with van der Waals surface area (Å²) in [5.41, 5.74) is 0.844. The number of benzene rings is 1. The van der Waals surface area contributed by atoms with E-state index < -0.39 is 4.92 Å². The maximum Gasteiger partial charge on any atom is 0.293 e. The molecule has 3 rings (SSSR count). The number of anilines is 1. The van der Waals surface area contributed by atoms with Gasteiger partial charge in [-0.05, 0) is 31.4 Å². The Hall–Kier alpha value is -2.68. The molecule has 1 aliphatic rings. The highest BCUT2D eigenvalue weighted by Gasteiger charge is 2.23. The van der Waals surface area contributed by atoms with Gasteiger partial charge < -0.3 is 9.88 Å². The van der Waals surface area contributed by atoms with E-state index in [0.29, 0.717) is 17.6 Å². The summed E-state index contributed by atoms with van der Waals surface area (Å²) in [6.07, 6.45) is 7.68. The maximum absolute atomic E-state index is 12.4. The zero-order valence-electron chi connectivity index (χ0n) is 16.5. The maximum atomic E-state index is 12.4. The van der Waals surface area contributed by atoms with Crippen molar-refractivity contribution in [3.63, 3.8) is 0 Å². The summed E-state index contributed by atoms with van der Waals surface area (Å²) in [6.45, 7) is 6.18. The highest BCUT2D eigenvalue weighted by Crippen LogP contribution is 2.33. The molecule has 1 fully saturated rings. The van der Waals surface area contributed by atoms with Gasteiger partial charge in [-0.1, -0.05) is 43.2 Å². The third-order valence-corrected chi connectivity index (χ3v) is 5.95. The molecule has 29 heavy (non-hydrogen) atoms. The number of amides is 1. The summed E-state index contributed by atoms with van der Waals surface area (Å²) >= 11 is 1.28. The van der Waals surface area contributed by atoms with Crippen molar-refractivity contribution in [2.24, 2.45) is 0 Å². The molecule has 0 radical (unpaired) electrons. The molecular weight excluding hydrogens is 390 g/mol. The lowest BCUT2D eigenvalue weighted by Gasteiger charge is -2.21. The minimum absolute atomic E-state index is 0.0883. The molecule has 1 saturated carbocycles. The van der Waals surface area contributed by atoms with Crippen LogP contribution in [-0.4, -0.2) is 31.3 Å². The molecule has 1 heterocycles. The monoisotopic (exact) mass is 415 g/mol. The summed E-state index contributed by atoms with van der Waals surface area (Å²) in [6, 6.07) is 4.73. The van der Waals surface area contributed by atoms with Gasteiger partial charge in [-0.3, -0.25) is 14.9 Å². The van der Waals surface area contributed by atoms with Gasteiger partial charge in [-0.25, -0.2) is 0 Å². The van der Waals surface area contributed by atoms with E-state index in [-0.39, 0.29) is 23.0 Å². The van der Waals surface area contributed by atoms with Gasteiger partial charge in [0.05, 0.1) is 10.7 Å². The fourth-order valence-electron chi connectivity index (χ4n) is 3.59. The van der Waals surface area contributed by atoms with E-state index in [1.807, 2.05) is 4.57 Å². The highest BCUT2D eigenvalue weighted by atomic mass is 32.2. The number of carbonyl (C=O) groups is 1. The zero-order valence-corrected chi connectivity index (χ0v) is 17.3. The Bertz CT molecular complexity index is 906. The molecular formula is C20H25N5O3S. The fraction of sp³-hybridized carbons (Fsp3) is 0.450. The second-order valence-electron chi connectivity index (χ2n) is 7.19. The molecule has 1 aromatic heterocycles. The third-order valence-electron chi connectivity index (χ3n) is 4.98. The Morgan fingerprint density at radius 2 is 2.14 bits per heavy atom. The van der Waals surface area contributed by atoms with E-state index in [4.69, 9.17) is 0 Å². The zero-order chi connectivity index (χ0) is 20.8. The van der Waals surface area contributed by atoms with Crippen molar-refractivity contribution in [1.29, 1.82) is 0 Å². The number of carbonyl (C=O) groups excluding carboxylic acids is 1. The average Bonchev–Trinajstić information content (AvgIpc) is 3.11. The van der Waals surface area contributed by atoms with Crippen molar-refractivity contribution >= 4 is 29.0 Å². The molecule has 0 bridgehead atoms. The molecule has 1 amide bonds. The van der Waals surface area contributed by atoms with E-state index in [9.17, 15) is 14.9 Å². The Kier molecular flexibility index (Phi) is 7.03. The molecule has 0 aliphatic heterocycles. The second-order valence-corrected chi connectivity index (χ2v) is 8.13. The molecule has 2 aromatic rings. The molecule has 1 N–H and O–H groups in total. The number of nitro benzene ring substituents is 1. The number of nitrogens with one attached hydrogen (secondary N) is 1. The normalized spacial score (nSPS) is 14.5. The number of nitrogens with zero attached hydrogens (tertiary/aromatic N) is 4. The van der Waals surface area contributed by atoms with Crippen LogP contribution in [0.5, 0.6) is 0 Å². The van der Waals surface area contributed by atoms with Gasteiger partial charge >= 0.3 is 0 Å². The first-order valence-electron chi connectivity index (χ1n) is 9.71. The van der Waals surface area contributed by atoms with Crippen LogP contribution < -0.4 is 5.32 Å². The number of nitro groups is 1. The van der Waals surface area contributed by atoms with Gasteiger partial charge in [0.2, 0.25) is 5.91 Å². The van der Waals surface area contributed by atoms with Gasteiger partial charge in [-0.15, -0.1) is 16.8 Å². The summed E-state index contributed by atoms with van der Waals surface area (Å²) in [5, 5.41) is 23.2. The van der Waals surface area contributed by atoms with E-state index in [1.165, 1.54) is 37.1 Å². The topological polar surface area (TPSA) is 103 Å². The van der Waals surface area contributed by atoms with Crippen molar-refractivity contribution in [2.75, 3.05) is 11.1 Å². The molecule has 0 spiro atoms. The number of aromatic nitrogens is 3. The molecule has 0 saturated heterocycles. The van der Waals surface area contributed by atoms with Crippen molar-refractivity contribution < 1.29 is 9.72 Å². The van der Waals surface area contributed by atoms with E-state index in [2.05, 4.69) is 22.1 Å². The molecule has 1 aliphatic carbocycles. The number of hydrogen-bond donors (Lipinski definition) is 1. The first kappa shape index (κ1) is 21.0. The van der Waals surface area contributed by atoms with Crippen LogP contribution in [0.2, 0.25) is 0 Å². The van der Waals surface area contributed by atoms with Crippen molar-refractivity contribution in [3.05, 3.63) is 52.4 Å². The van der Waals surface area contributed by atoms with Crippen LogP contribution in [0.1, 0.15) is 49.4 Å². The van der Waals surface area contributed by atoms with Crippen LogP contribution in [0.4, 0.5) is 11.4 Å². The Balaban J connectivity index is 1.68. The average molecular weight is 416 g/mol. The largest absolute Gasteiger partial charge is 0.320 e. The lowest BCUT2D eigenvalue weighted by atomic mass is 9.89. The van der Waals surface area contributed by atoms with Gasteiger partial charge in [0.25, 0.3) is 5.69 Å². The number of rotatable bonds is 8. The fourth-order valence-corrected chi connectivity index (χ4v) is 4.34. The van der Waals surface area contributed by atoms with Gasteiger partial charge in [0.1, 0.15) is 11.5 Å². The molecule has 0 atom stereocenters. The Morgan fingerprint density at radius 3 is 2.83 bits per heavy atom.